The number of carbonyl (C=O) groups is 1. The standard InChI is InChI=1S/C15H14O3/c1-11-5-8-15(17-2)13(10-11)14(16)7-6-12-4-3-9-18-12/h3-10H,1-2H3/b7-6+. The molecule has 0 aliphatic carbocycles. The van der Waals surface area contributed by atoms with Crippen LogP contribution >= 0.6 is 0 Å². The Morgan fingerprint density at radius 2 is 2.17 bits per heavy atom. The van der Waals surface area contributed by atoms with Gasteiger partial charge in [0.05, 0.1) is 18.9 Å². The number of carbonyl (C=O) groups excluding carboxylic acids is 1. The van der Waals surface area contributed by atoms with Crippen molar-refractivity contribution < 1.29 is 13.9 Å². The van der Waals surface area contributed by atoms with Crippen molar-refractivity contribution in [2.45, 2.75) is 6.92 Å². The summed E-state index contributed by atoms with van der Waals surface area (Å²) in [5, 5.41) is 0. The molecule has 0 saturated carbocycles. The number of ketones is 1. The van der Waals surface area contributed by atoms with Gasteiger partial charge in [-0.1, -0.05) is 11.6 Å². The highest BCUT2D eigenvalue weighted by Crippen LogP contribution is 2.20. The van der Waals surface area contributed by atoms with Crippen LogP contribution in [0.4, 0.5) is 0 Å². The molecule has 1 heterocycles. The molecule has 0 radical (unpaired) electrons. The van der Waals surface area contributed by atoms with E-state index < -0.39 is 0 Å². The van der Waals surface area contributed by atoms with Gasteiger partial charge in [0.15, 0.2) is 5.78 Å². The summed E-state index contributed by atoms with van der Waals surface area (Å²) in [7, 11) is 1.55. The van der Waals surface area contributed by atoms with Gasteiger partial charge in [-0.3, -0.25) is 4.79 Å². The molecule has 1 aromatic heterocycles. The Balaban J connectivity index is 2.26. The van der Waals surface area contributed by atoms with Crippen LogP contribution in [0.3, 0.4) is 0 Å². The molecule has 0 saturated heterocycles. The molecular weight excluding hydrogens is 228 g/mol. The Morgan fingerprint density at radius 1 is 1.33 bits per heavy atom. The fraction of sp³-hybridized carbons (Fsp3) is 0.133. The predicted molar refractivity (Wildman–Crippen MR) is 69.8 cm³/mol. The number of furan rings is 1. The Kier molecular flexibility index (Phi) is 3.63. The molecule has 0 aliphatic rings. The summed E-state index contributed by atoms with van der Waals surface area (Å²) in [4.78, 5) is 12.1. The van der Waals surface area contributed by atoms with Crippen molar-refractivity contribution >= 4 is 11.9 Å². The SMILES string of the molecule is COc1ccc(C)cc1C(=O)/C=C/c1ccco1. The normalized spacial score (nSPS) is 10.8. The zero-order chi connectivity index (χ0) is 13.0. The van der Waals surface area contributed by atoms with Gasteiger partial charge in [0.1, 0.15) is 11.5 Å². The summed E-state index contributed by atoms with van der Waals surface area (Å²) in [6.45, 7) is 1.94. The molecular formula is C15H14O3. The van der Waals surface area contributed by atoms with Gasteiger partial charge in [0, 0.05) is 0 Å². The highest BCUT2D eigenvalue weighted by molar-refractivity contribution is 6.08. The molecule has 3 heteroatoms. The van der Waals surface area contributed by atoms with E-state index in [1.165, 1.54) is 6.08 Å². The van der Waals surface area contributed by atoms with Crippen molar-refractivity contribution in [2.75, 3.05) is 7.11 Å². The van der Waals surface area contributed by atoms with Crippen LogP contribution in [0.5, 0.6) is 5.75 Å². The van der Waals surface area contributed by atoms with Gasteiger partial charge in [-0.25, -0.2) is 0 Å². The minimum Gasteiger partial charge on any atom is -0.496 e. The molecule has 0 atom stereocenters. The molecule has 0 spiro atoms. The zero-order valence-corrected chi connectivity index (χ0v) is 10.3. The summed E-state index contributed by atoms with van der Waals surface area (Å²) >= 11 is 0. The summed E-state index contributed by atoms with van der Waals surface area (Å²) in [5.41, 5.74) is 1.57. The maximum atomic E-state index is 12.1. The van der Waals surface area contributed by atoms with E-state index in [0.29, 0.717) is 17.1 Å². The molecule has 2 rings (SSSR count). The number of hydrogen-bond acceptors (Lipinski definition) is 3. The van der Waals surface area contributed by atoms with E-state index in [1.807, 2.05) is 19.1 Å². The average Bonchev–Trinajstić information content (AvgIpc) is 2.89. The quantitative estimate of drug-likeness (QED) is 0.608. The third-order valence-electron chi connectivity index (χ3n) is 2.56. The molecule has 0 amide bonds. The highest BCUT2D eigenvalue weighted by atomic mass is 16.5. The first-order valence-corrected chi connectivity index (χ1v) is 5.61. The molecule has 0 aliphatic heterocycles. The minimum absolute atomic E-state index is 0.105. The molecule has 92 valence electrons. The Labute approximate surface area is 106 Å². The van der Waals surface area contributed by atoms with Crippen LogP contribution in [0.1, 0.15) is 21.7 Å². The number of aryl methyl sites for hydroxylation is 1. The van der Waals surface area contributed by atoms with Crippen LogP contribution < -0.4 is 4.74 Å². The average molecular weight is 242 g/mol. The number of ether oxygens (including phenoxy) is 1. The second-order valence-corrected chi connectivity index (χ2v) is 3.92. The van der Waals surface area contributed by atoms with Gasteiger partial charge in [0.25, 0.3) is 0 Å². The maximum absolute atomic E-state index is 12.1. The van der Waals surface area contributed by atoms with Crippen molar-refractivity contribution in [1.82, 2.24) is 0 Å². The van der Waals surface area contributed by atoms with Crippen molar-refractivity contribution in [3.8, 4) is 5.75 Å². The molecule has 0 fully saturated rings. The van der Waals surface area contributed by atoms with E-state index in [0.717, 1.165) is 5.56 Å². The van der Waals surface area contributed by atoms with Gasteiger partial charge in [-0.15, -0.1) is 0 Å². The number of allylic oxidation sites excluding steroid dienone is 1. The molecule has 0 bridgehead atoms. The fourth-order valence-electron chi connectivity index (χ4n) is 1.65. The van der Waals surface area contributed by atoms with E-state index in [2.05, 4.69) is 0 Å². The minimum atomic E-state index is -0.105. The maximum Gasteiger partial charge on any atom is 0.189 e. The first-order chi connectivity index (χ1) is 8.70. The summed E-state index contributed by atoms with van der Waals surface area (Å²) in [5.74, 6) is 1.12. The molecule has 3 nitrogen and oxygen atoms in total. The monoisotopic (exact) mass is 242 g/mol. The molecule has 2 aromatic rings. The van der Waals surface area contributed by atoms with Crippen molar-refractivity contribution in [1.29, 1.82) is 0 Å². The van der Waals surface area contributed by atoms with Crippen LogP contribution in [-0.2, 0) is 0 Å². The van der Waals surface area contributed by atoms with Gasteiger partial charge >= 0.3 is 0 Å². The first-order valence-electron chi connectivity index (χ1n) is 5.61. The third-order valence-corrected chi connectivity index (χ3v) is 2.56. The third kappa shape index (κ3) is 2.69. The summed E-state index contributed by atoms with van der Waals surface area (Å²) in [6, 6.07) is 9.08. The number of hydrogen-bond donors (Lipinski definition) is 0. The second-order valence-electron chi connectivity index (χ2n) is 3.92. The lowest BCUT2D eigenvalue weighted by molar-refractivity contribution is 0.104. The van der Waals surface area contributed by atoms with E-state index >= 15 is 0 Å². The predicted octanol–water partition coefficient (Wildman–Crippen LogP) is 3.49. The van der Waals surface area contributed by atoms with Crippen molar-refractivity contribution in [2.24, 2.45) is 0 Å². The van der Waals surface area contributed by atoms with Gasteiger partial charge in [-0.05, 0) is 43.3 Å². The van der Waals surface area contributed by atoms with Crippen LogP contribution in [-0.4, -0.2) is 12.9 Å². The van der Waals surface area contributed by atoms with Crippen LogP contribution in [0.15, 0.2) is 47.1 Å². The summed E-state index contributed by atoms with van der Waals surface area (Å²) in [6.07, 6.45) is 4.69. The molecule has 1 aromatic carbocycles. The van der Waals surface area contributed by atoms with Gasteiger partial charge < -0.3 is 9.15 Å². The lowest BCUT2D eigenvalue weighted by Gasteiger charge is -2.06. The highest BCUT2D eigenvalue weighted by Gasteiger charge is 2.09. The molecule has 0 N–H and O–H groups in total. The summed E-state index contributed by atoms with van der Waals surface area (Å²) < 4.78 is 10.3. The van der Waals surface area contributed by atoms with Crippen molar-refractivity contribution in [3.63, 3.8) is 0 Å². The lowest BCUT2D eigenvalue weighted by Crippen LogP contribution is -1.99. The number of benzene rings is 1. The van der Waals surface area contributed by atoms with Crippen LogP contribution in [0.25, 0.3) is 6.08 Å². The van der Waals surface area contributed by atoms with E-state index in [1.54, 1.807) is 37.6 Å². The second kappa shape index (κ2) is 5.36. The zero-order valence-electron chi connectivity index (χ0n) is 10.3. The number of methoxy groups -OCH3 is 1. The number of rotatable bonds is 4. The smallest absolute Gasteiger partial charge is 0.189 e. The Bertz CT molecular complexity index is 565. The van der Waals surface area contributed by atoms with Gasteiger partial charge in [-0.2, -0.15) is 0 Å². The Morgan fingerprint density at radius 3 is 2.83 bits per heavy atom. The Hall–Kier alpha value is -2.29. The molecule has 18 heavy (non-hydrogen) atoms. The van der Waals surface area contributed by atoms with Crippen LogP contribution in [0, 0.1) is 6.92 Å². The topological polar surface area (TPSA) is 39.4 Å². The fourth-order valence-corrected chi connectivity index (χ4v) is 1.65. The van der Waals surface area contributed by atoms with Crippen LogP contribution in [0.2, 0.25) is 0 Å². The largest absolute Gasteiger partial charge is 0.496 e. The molecule has 0 unspecified atom stereocenters. The van der Waals surface area contributed by atoms with Gasteiger partial charge in [0.2, 0.25) is 0 Å². The lowest BCUT2D eigenvalue weighted by atomic mass is 10.1. The van der Waals surface area contributed by atoms with E-state index in [9.17, 15) is 4.79 Å². The van der Waals surface area contributed by atoms with E-state index in [-0.39, 0.29) is 5.78 Å². The first kappa shape index (κ1) is 12.2. The van der Waals surface area contributed by atoms with E-state index in [4.69, 9.17) is 9.15 Å². The van der Waals surface area contributed by atoms with Crippen molar-refractivity contribution in [3.05, 3.63) is 59.6 Å².